The number of rotatable bonds is 4. The highest BCUT2D eigenvalue weighted by Gasteiger charge is 2.05. The van der Waals surface area contributed by atoms with Crippen LogP contribution in [0.15, 0.2) is 24.5 Å². The molecule has 0 fully saturated rings. The van der Waals surface area contributed by atoms with Crippen molar-refractivity contribution in [3.05, 3.63) is 52.6 Å². The first kappa shape index (κ1) is 11.6. The maximum Gasteiger partial charge on any atom is 0.170 e. The number of hydrogen-bond donors (Lipinski definition) is 1. The summed E-state index contributed by atoms with van der Waals surface area (Å²) in [5.41, 5.74) is 5.33. The molecule has 2 aromatic rings. The van der Waals surface area contributed by atoms with Gasteiger partial charge in [0.1, 0.15) is 5.69 Å². The van der Waals surface area contributed by atoms with Gasteiger partial charge < -0.3 is 4.98 Å². The van der Waals surface area contributed by atoms with Crippen LogP contribution in [0.1, 0.15) is 32.9 Å². The van der Waals surface area contributed by atoms with Gasteiger partial charge in [-0.1, -0.05) is 23.8 Å². The molecule has 88 valence electrons. The number of hydrogen-bond acceptors (Lipinski definition) is 2. The second kappa shape index (κ2) is 4.95. The number of imidazole rings is 1. The van der Waals surface area contributed by atoms with Gasteiger partial charge in [0, 0.05) is 5.69 Å². The molecule has 0 aliphatic carbocycles. The van der Waals surface area contributed by atoms with Crippen LogP contribution < -0.4 is 0 Å². The number of nitrogens with one attached hydrogen (secondary N) is 1. The van der Waals surface area contributed by atoms with Crippen LogP contribution in [-0.2, 0) is 12.8 Å². The van der Waals surface area contributed by atoms with E-state index in [-0.39, 0.29) is 0 Å². The van der Waals surface area contributed by atoms with Crippen molar-refractivity contribution in [3.63, 3.8) is 0 Å². The van der Waals surface area contributed by atoms with Crippen LogP contribution in [0.3, 0.4) is 0 Å². The number of benzene rings is 1. The van der Waals surface area contributed by atoms with E-state index in [0.29, 0.717) is 5.69 Å². The van der Waals surface area contributed by atoms with Gasteiger partial charge >= 0.3 is 0 Å². The molecule has 0 amide bonds. The average Bonchev–Trinajstić information content (AvgIpc) is 2.77. The summed E-state index contributed by atoms with van der Waals surface area (Å²) in [6.45, 7) is 4.21. The zero-order valence-corrected chi connectivity index (χ0v) is 10.2. The summed E-state index contributed by atoms with van der Waals surface area (Å²) in [5, 5.41) is 0. The van der Waals surface area contributed by atoms with E-state index in [0.717, 1.165) is 24.8 Å². The molecular formula is C14H16N2O. The van der Waals surface area contributed by atoms with Gasteiger partial charge in [0.15, 0.2) is 6.29 Å². The first-order valence-electron chi connectivity index (χ1n) is 5.74. The fourth-order valence-corrected chi connectivity index (χ4v) is 1.96. The molecule has 0 aliphatic rings. The summed E-state index contributed by atoms with van der Waals surface area (Å²) in [7, 11) is 0. The van der Waals surface area contributed by atoms with E-state index >= 15 is 0 Å². The zero-order chi connectivity index (χ0) is 12.3. The van der Waals surface area contributed by atoms with Crippen LogP contribution in [-0.4, -0.2) is 16.3 Å². The van der Waals surface area contributed by atoms with Crippen LogP contribution in [0.4, 0.5) is 0 Å². The highest BCUT2D eigenvalue weighted by Crippen LogP contribution is 2.14. The standard InChI is InChI=1S/C14H16N2O/c1-10-3-4-11(2)12(7-10)5-6-13-14(8-17)16-9-15-13/h3-4,7-9H,5-6H2,1-2H3,(H,15,16). The van der Waals surface area contributed by atoms with E-state index in [1.54, 1.807) is 6.33 Å². The van der Waals surface area contributed by atoms with Crippen molar-refractivity contribution in [2.45, 2.75) is 26.7 Å². The Balaban J connectivity index is 2.12. The summed E-state index contributed by atoms with van der Waals surface area (Å²) >= 11 is 0. The predicted octanol–water partition coefficient (Wildman–Crippen LogP) is 2.62. The van der Waals surface area contributed by atoms with Gasteiger partial charge in [0.25, 0.3) is 0 Å². The molecule has 1 aromatic carbocycles. The fraction of sp³-hybridized carbons (Fsp3) is 0.286. The van der Waals surface area contributed by atoms with Crippen LogP contribution in [0.5, 0.6) is 0 Å². The molecular weight excluding hydrogens is 212 g/mol. The smallest absolute Gasteiger partial charge is 0.170 e. The summed E-state index contributed by atoms with van der Waals surface area (Å²) < 4.78 is 0. The molecule has 2 rings (SSSR count). The lowest BCUT2D eigenvalue weighted by Gasteiger charge is -2.06. The fourth-order valence-electron chi connectivity index (χ4n) is 1.96. The molecule has 3 nitrogen and oxygen atoms in total. The van der Waals surface area contributed by atoms with Crippen molar-refractivity contribution < 1.29 is 4.79 Å². The monoisotopic (exact) mass is 228 g/mol. The summed E-state index contributed by atoms with van der Waals surface area (Å²) in [6, 6.07) is 6.45. The largest absolute Gasteiger partial charge is 0.348 e. The Hall–Kier alpha value is -1.90. The van der Waals surface area contributed by atoms with Gasteiger partial charge in [-0.05, 0) is 37.8 Å². The third-order valence-corrected chi connectivity index (χ3v) is 3.01. The van der Waals surface area contributed by atoms with Crippen LogP contribution >= 0.6 is 0 Å². The minimum absolute atomic E-state index is 0.523. The molecule has 0 atom stereocenters. The Kier molecular flexibility index (Phi) is 3.38. The summed E-state index contributed by atoms with van der Waals surface area (Å²) in [4.78, 5) is 17.7. The van der Waals surface area contributed by atoms with Crippen molar-refractivity contribution in [3.8, 4) is 0 Å². The van der Waals surface area contributed by atoms with Crippen molar-refractivity contribution in [2.24, 2.45) is 0 Å². The Morgan fingerprint density at radius 2 is 2.12 bits per heavy atom. The highest BCUT2D eigenvalue weighted by atomic mass is 16.1. The van der Waals surface area contributed by atoms with Crippen molar-refractivity contribution in [2.75, 3.05) is 0 Å². The average molecular weight is 228 g/mol. The number of nitrogens with zero attached hydrogens (tertiary/aromatic N) is 1. The molecule has 0 spiro atoms. The quantitative estimate of drug-likeness (QED) is 0.818. The Labute approximate surface area is 101 Å². The van der Waals surface area contributed by atoms with Crippen LogP contribution in [0, 0.1) is 13.8 Å². The normalized spacial score (nSPS) is 10.5. The van der Waals surface area contributed by atoms with Crippen molar-refractivity contribution >= 4 is 6.29 Å². The highest BCUT2D eigenvalue weighted by molar-refractivity contribution is 5.73. The lowest BCUT2D eigenvalue weighted by atomic mass is 10.0. The van der Waals surface area contributed by atoms with E-state index in [9.17, 15) is 4.79 Å². The van der Waals surface area contributed by atoms with E-state index < -0.39 is 0 Å². The lowest BCUT2D eigenvalue weighted by molar-refractivity contribution is 0.111. The third-order valence-electron chi connectivity index (χ3n) is 3.01. The van der Waals surface area contributed by atoms with E-state index in [2.05, 4.69) is 42.0 Å². The van der Waals surface area contributed by atoms with E-state index in [1.165, 1.54) is 16.7 Å². The predicted molar refractivity (Wildman–Crippen MR) is 67.3 cm³/mol. The lowest BCUT2D eigenvalue weighted by Crippen LogP contribution is -1.98. The SMILES string of the molecule is Cc1ccc(C)c(CCc2[nH]cnc2C=O)c1. The first-order valence-corrected chi connectivity index (χ1v) is 5.74. The van der Waals surface area contributed by atoms with E-state index in [1.807, 2.05) is 0 Å². The topological polar surface area (TPSA) is 45.8 Å². The molecule has 0 radical (unpaired) electrons. The van der Waals surface area contributed by atoms with Gasteiger partial charge in [-0.3, -0.25) is 4.79 Å². The molecule has 0 aliphatic heterocycles. The van der Waals surface area contributed by atoms with E-state index in [4.69, 9.17) is 0 Å². The third kappa shape index (κ3) is 2.61. The molecule has 0 saturated carbocycles. The van der Waals surface area contributed by atoms with Gasteiger partial charge in [-0.25, -0.2) is 4.98 Å². The van der Waals surface area contributed by atoms with Gasteiger partial charge in [-0.2, -0.15) is 0 Å². The van der Waals surface area contributed by atoms with Crippen molar-refractivity contribution in [1.29, 1.82) is 0 Å². The van der Waals surface area contributed by atoms with Gasteiger partial charge in [0.2, 0.25) is 0 Å². The minimum Gasteiger partial charge on any atom is -0.348 e. The second-order valence-electron chi connectivity index (χ2n) is 4.31. The maximum atomic E-state index is 10.7. The van der Waals surface area contributed by atoms with Crippen molar-refractivity contribution in [1.82, 2.24) is 9.97 Å². The number of carbonyl (C=O) groups excluding carboxylic acids is 1. The summed E-state index contributed by atoms with van der Waals surface area (Å²) in [5.74, 6) is 0. The molecule has 0 unspecified atom stereocenters. The molecule has 3 heteroatoms. The number of aromatic amines is 1. The minimum atomic E-state index is 0.523. The Morgan fingerprint density at radius 1 is 1.29 bits per heavy atom. The maximum absolute atomic E-state index is 10.7. The number of aromatic nitrogens is 2. The molecule has 1 N–H and O–H groups in total. The molecule has 17 heavy (non-hydrogen) atoms. The molecule has 0 saturated heterocycles. The molecule has 0 bridgehead atoms. The molecule has 1 heterocycles. The Morgan fingerprint density at radius 3 is 2.88 bits per heavy atom. The number of H-pyrrole nitrogens is 1. The van der Waals surface area contributed by atoms with Crippen LogP contribution in [0.2, 0.25) is 0 Å². The number of carbonyl (C=O) groups is 1. The van der Waals surface area contributed by atoms with Crippen LogP contribution in [0.25, 0.3) is 0 Å². The zero-order valence-electron chi connectivity index (χ0n) is 10.2. The number of aryl methyl sites for hydroxylation is 4. The molecule has 1 aromatic heterocycles. The van der Waals surface area contributed by atoms with Gasteiger partial charge in [0.05, 0.1) is 6.33 Å². The summed E-state index contributed by atoms with van der Waals surface area (Å²) in [6.07, 6.45) is 4.12. The second-order valence-corrected chi connectivity index (χ2v) is 4.31. The van der Waals surface area contributed by atoms with Gasteiger partial charge in [-0.15, -0.1) is 0 Å². The first-order chi connectivity index (χ1) is 8.20. The number of aldehydes is 1. The Bertz CT molecular complexity index is 529.